The van der Waals surface area contributed by atoms with E-state index in [-0.39, 0.29) is 0 Å². The molecular weight excluding hydrogens is 413 g/mol. The van der Waals surface area contributed by atoms with E-state index in [0.717, 1.165) is 33.2 Å². The third-order valence-electron chi connectivity index (χ3n) is 3.66. The minimum Gasteiger partial charge on any atom is -0.311 e. The van der Waals surface area contributed by atoms with Gasteiger partial charge in [0.25, 0.3) is 0 Å². The third kappa shape index (κ3) is 3.54. The second-order valence-electron chi connectivity index (χ2n) is 5.23. The van der Waals surface area contributed by atoms with Crippen molar-refractivity contribution in [2.45, 2.75) is 0 Å². The van der Waals surface area contributed by atoms with Crippen LogP contribution in [0, 0.1) is 3.57 Å². The first-order valence-electron chi connectivity index (χ1n) is 7.37. The van der Waals surface area contributed by atoms with Gasteiger partial charge in [0.1, 0.15) is 12.6 Å². The second kappa shape index (κ2) is 7.40. The number of aldehydes is 2. The Hall–Kier alpha value is -2.47. The predicted octanol–water partition coefficient (Wildman–Crippen LogP) is 5.39. The Balaban J connectivity index is 2.09. The molecule has 3 aromatic rings. The molecule has 3 rings (SSSR count). The molecule has 118 valence electrons. The summed E-state index contributed by atoms with van der Waals surface area (Å²) in [7, 11) is 0. The summed E-state index contributed by atoms with van der Waals surface area (Å²) in [4.78, 5) is 23.9. The van der Waals surface area contributed by atoms with Gasteiger partial charge in [0.15, 0.2) is 0 Å². The molecule has 0 aliphatic carbocycles. The molecule has 0 atom stereocenters. The largest absolute Gasteiger partial charge is 0.311 e. The molecule has 0 bridgehead atoms. The minimum atomic E-state index is 0.637. The van der Waals surface area contributed by atoms with Crippen LogP contribution in [0.1, 0.15) is 20.7 Å². The third-order valence-corrected chi connectivity index (χ3v) is 4.38. The van der Waals surface area contributed by atoms with Crippen molar-refractivity contribution >= 4 is 52.2 Å². The highest BCUT2D eigenvalue weighted by Gasteiger charge is 2.12. The summed E-state index contributed by atoms with van der Waals surface area (Å²) in [6.45, 7) is 0. The monoisotopic (exact) mass is 427 g/mol. The second-order valence-corrected chi connectivity index (χ2v) is 6.48. The molecule has 0 fully saturated rings. The van der Waals surface area contributed by atoms with E-state index in [1.165, 1.54) is 0 Å². The van der Waals surface area contributed by atoms with Crippen molar-refractivity contribution < 1.29 is 9.59 Å². The molecule has 0 aromatic heterocycles. The molecule has 0 amide bonds. The van der Waals surface area contributed by atoms with Crippen LogP contribution in [-0.2, 0) is 0 Å². The number of benzene rings is 3. The highest BCUT2D eigenvalue weighted by Crippen LogP contribution is 2.34. The molecule has 0 saturated heterocycles. The molecule has 0 aliphatic heterocycles. The summed E-state index contributed by atoms with van der Waals surface area (Å²) in [5, 5.41) is 0. The van der Waals surface area contributed by atoms with Crippen molar-refractivity contribution in [2.24, 2.45) is 0 Å². The van der Waals surface area contributed by atoms with E-state index in [0.29, 0.717) is 11.1 Å². The molecule has 4 heteroatoms. The Kier molecular flexibility index (Phi) is 5.05. The Morgan fingerprint density at radius 3 is 1.25 bits per heavy atom. The first-order valence-corrected chi connectivity index (χ1v) is 8.45. The predicted molar refractivity (Wildman–Crippen MR) is 105 cm³/mol. The molecule has 0 saturated carbocycles. The molecule has 0 radical (unpaired) electrons. The van der Waals surface area contributed by atoms with Crippen molar-refractivity contribution in [3.8, 4) is 0 Å². The highest BCUT2D eigenvalue weighted by atomic mass is 127. The van der Waals surface area contributed by atoms with Crippen molar-refractivity contribution in [1.29, 1.82) is 0 Å². The van der Waals surface area contributed by atoms with Crippen LogP contribution >= 0.6 is 22.6 Å². The minimum absolute atomic E-state index is 0.637. The molecule has 0 heterocycles. The summed E-state index contributed by atoms with van der Waals surface area (Å²) in [6.07, 6.45) is 1.66. The van der Waals surface area contributed by atoms with Gasteiger partial charge in [-0.2, -0.15) is 0 Å². The smallest absolute Gasteiger partial charge is 0.150 e. The number of hydrogen-bond donors (Lipinski definition) is 0. The van der Waals surface area contributed by atoms with Gasteiger partial charge in [-0.15, -0.1) is 0 Å². The van der Waals surface area contributed by atoms with E-state index in [2.05, 4.69) is 27.5 Å². The van der Waals surface area contributed by atoms with E-state index < -0.39 is 0 Å². The molecule has 0 N–H and O–H groups in total. The van der Waals surface area contributed by atoms with Gasteiger partial charge in [0.05, 0.1) is 0 Å². The molecule has 0 unspecified atom stereocenters. The fourth-order valence-electron chi connectivity index (χ4n) is 2.44. The van der Waals surface area contributed by atoms with Crippen molar-refractivity contribution in [3.63, 3.8) is 0 Å². The highest BCUT2D eigenvalue weighted by molar-refractivity contribution is 14.1. The molecule has 3 aromatic carbocycles. The molecular formula is C20H14INO2. The maximum Gasteiger partial charge on any atom is 0.150 e. The fourth-order valence-corrected chi connectivity index (χ4v) is 2.80. The first kappa shape index (κ1) is 16.4. The topological polar surface area (TPSA) is 37.4 Å². The number of anilines is 3. The lowest BCUT2D eigenvalue weighted by Crippen LogP contribution is -2.10. The van der Waals surface area contributed by atoms with Crippen LogP contribution in [0.15, 0.2) is 72.8 Å². The van der Waals surface area contributed by atoms with Crippen LogP contribution in [0.3, 0.4) is 0 Å². The SMILES string of the molecule is O=Cc1ccc(N(c2ccc(I)cc2)c2ccc(C=O)cc2)cc1. The quantitative estimate of drug-likeness (QED) is 0.405. The van der Waals surface area contributed by atoms with Gasteiger partial charge in [-0.3, -0.25) is 9.59 Å². The average molecular weight is 427 g/mol. The number of rotatable bonds is 5. The van der Waals surface area contributed by atoms with Crippen LogP contribution in [0.2, 0.25) is 0 Å². The van der Waals surface area contributed by atoms with Crippen molar-refractivity contribution in [3.05, 3.63) is 87.5 Å². The molecule has 0 aliphatic rings. The Morgan fingerprint density at radius 2 is 0.917 bits per heavy atom. The average Bonchev–Trinajstić information content (AvgIpc) is 2.64. The van der Waals surface area contributed by atoms with Crippen LogP contribution in [0.25, 0.3) is 0 Å². The Morgan fingerprint density at radius 1 is 0.583 bits per heavy atom. The van der Waals surface area contributed by atoms with E-state index in [1.807, 2.05) is 48.5 Å². The molecule has 3 nitrogen and oxygen atoms in total. The van der Waals surface area contributed by atoms with Gasteiger partial charge in [0, 0.05) is 31.8 Å². The number of nitrogens with zero attached hydrogens (tertiary/aromatic N) is 1. The zero-order valence-electron chi connectivity index (χ0n) is 12.7. The van der Waals surface area contributed by atoms with Gasteiger partial charge < -0.3 is 4.90 Å². The number of carbonyl (C=O) groups excluding carboxylic acids is 2. The maximum atomic E-state index is 10.9. The molecule has 24 heavy (non-hydrogen) atoms. The van der Waals surface area contributed by atoms with Gasteiger partial charge in [0.2, 0.25) is 0 Å². The summed E-state index contributed by atoms with van der Waals surface area (Å²) in [5.74, 6) is 0. The van der Waals surface area contributed by atoms with E-state index >= 15 is 0 Å². The van der Waals surface area contributed by atoms with Gasteiger partial charge in [-0.1, -0.05) is 0 Å². The zero-order valence-corrected chi connectivity index (χ0v) is 14.9. The summed E-state index contributed by atoms with van der Waals surface area (Å²) >= 11 is 2.27. The molecule has 0 spiro atoms. The number of halogens is 1. The lowest BCUT2D eigenvalue weighted by Gasteiger charge is -2.25. The van der Waals surface area contributed by atoms with E-state index in [9.17, 15) is 9.59 Å². The van der Waals surface area contributed by atoms with Crippen LogP contribution < -0.4 is 4.90 Å². The summed E-state index contributed by atoms with van der Waals surface area (Å²) in [6, 6.07) is 23.0. The lowest BCUT2D eigenvalue weighted by molar-refractivity contribution is 0.111. The van der Waals surface area contributed by atoms with Gasteiger partial charge >= 0.3 is 0 Å². The van der Waals surface area contributed by atoms with E-state index in [1.54, 1.807) is 24.3 Å². The first-order chi connectivity index (χ1) is 11.7. The Labute approximate surface area is 154 Å². The summed E-state index contributed by atoms with van der Waals surface area (Å²) < 4.78 is 1.16. The lowest BCUT2D eigenvalue weighted by atomic mass is 10.1. The van der Waals surface area contributed by atoms with Crippen molar-refractivity contribution in [2.75, 3.05) is 4.90 Å². The van der Waals surface area contributed by atoms with Gasteiger partial charge in [-0.05, 0) is 95.4 Å². The van der Waals surface area contributed by atoms with Crippen LogP contribution in [0.5, 0.6) is 0 Å². The van der Waals surface area contributed by atoms with Crippen LogP contribution in [-0.4, -0.2) is 12.6 Å². The van der Waals surface area contributed by atoms with E-state index in [4.69, 9.17) is 0 Å². The standard InChI is InChI=1S/C20H14INO2/c21-17-5-11-20(12-6-17)22(18-7-1-15(13-23)2-8-18)19-9-3-16(14-24)4-10-19/h1-14H. The number of hydrogen-bond acceptors (Lipinski definition) is 3. The van der Waals surface area contributed by atoms with Crippen molar-refractivity contribution in [1.82, 2.24) is 0 Å². The van der Waals surface area contributed by atoms with Gasteiger partial charge in [-0.25, -0.2) is 0 Å². The normalized spacial score (nSPS) is 10.2. The fraction of sp³-hybridized carbons (Fsp3) is 0. The summed E-state index contributed by atoms with van der Waals surface area (Å²) in [5.41, 5.74) is 4.17. The Bertz CT molecular complexity index is 789. The number of carbonyl (C=O) groups is 2. The van der Waals surface area contributed by atoms with Crippen LogP contribution in [0.4, 0.5) is 17.1 Å². The maximum absolute atomic E-state index is 10.9. The zero-order chi connectivity index (χ0) is 16.9.